The van der Waals surface area contributed by atoms with Gasteiger partial charge in [0.1, 0.15) is 17.3 Å². The summed E-state index contributed by atoms with van der Waals surface area (Å²) in [5, 5.41) is 6.14. The van der Waals surface area contributed by atoms with Gasteiger partial charge in [-0.05, 0) is 53.9 Å². The molecule has 0 saturated carbocycles. The third-order valence-electron chi connectivity index (χ3n) is 3.52. The first-order chi connectivity index (χ1) is 11.5. The summed E-state index contributed by atoms with van der Waals surface area (Å²) in [4.78, 5) is 20.8. The summed E-state index contributed by atoms with van der Waals surface area (Å²) in [5.74, 6) is 0.996. The lowest BCUT2D eigenvalue weighted by Gasteiger charge is -2.11. The lowest BCUT2D eigenvalue weighted by atomic mass is 10.2. The zero-order valence-corrected chi connectivity index (χ0v) is 15.9. The number of hydrogen-bond donors (Lipinski definition) is 2. The van der Waals surface area contributed by atoms with Crippen LogP contribution in [0.25, 0.3) is 0 Å². The highest BCUT2D eigenvalue weighted by Gasteiger charge is 2.11. The van der Waals surface area contributed by atoms with Gasteiger partial charge < -0.3 is 10.6 Å². The largest absolute Gasteiger partial charge is 0.351 e. The number of carbonyl (C=O) groups is 1. The van der Waals surface area contributed by atoms with Crippen molar-refractivity contribution in [3.8, 4) is 0 Å². The zero-order valence-electron chi connectivity index (χ0n) is 14.3. The molecule has 0 spiro atoms. The van der Waals surface area contributed by atoms with Crippen molar-refractivity contribution >= 4 is 33.3 Å². The molecule has 2 N–H and O–H groups in total. The monoisotopic (exact) mass is 390 g/mol. The minimum absolute atomic E-state index is 0.164. The maximum atomic E-state index is 12.2. The summed E-state index contributed by atoms with van der Waals surface area (Å²) in [5.41, 5.74) is 2.44. The summed E-state index contributed by atoms with van der Waals surface area (Å²) >= 11 is 3.53. The highest BCUT2D eigenvalue weighted by molar-refractivity contribution is 9.10. The van der Waals surface area contributed by atoms with E-state index in [1.54, 1.807) is 13.0 Å². The smallest absolute Gasteiger partial charge is 0.270 e. The number of benzene rings is 1. The van der Waals surface area contributed by atoms with Crippen molar-refractivity contribution in [1.29, 1.82) is 0 Å². The van der Waals surface area contributed by atoms with Crippen molar-refractivity contribution < 1.29 is 4.79 Å². The van der Waals surface area contributed by atoms with E-state index in [0.29, 0.717) is 23.9 Å². The van der Waals surface area contributed by atoms with E-state index in [1.165, 1.54) is 5.56 Å². The number of anilines is 2. The van der Waals surface area contributed by atoms with E-state index in [9.17, 15) is 4.79 Å². The second-order valence-electron chi connectivity index (χ2n) is 5.76. The predicted octanol–water partition coefficient (Wildman–Crippen LogP) is 4.52. The van der Waals surface area contributed by atoms with Gasteiger partial charge in [0.25, 0.3) is 5.91 Å². The first-order valence-electron chi connectivity index (χ1n) is 8.16. The van der Waals surface area contributed by atoms with Crippen LogP contribution in [0.1, 0.15) is 48.1 Å². The maximum Gasteiger partial charge on any atom is 0.270 e. The van der Waals surface area contributed by atoms with Gasteiger partial charge in [-0.1, -0.05) is 25.8 Å². The first kappa shape index (κ1) is 18.4. The zero-order chi connectivity index (χ0) is 17.5. The Hall–Kier alpha value is -1.95. The molecule has 1 heterocycles. The van der Waals surface area contributed by atoms with Crippen molar-refractivity contribution in [3.05, 3.63) is 45.8 Å². The second kappa shape index (κ2) is 8.78. The number of nitrogens with zero attached hydrogens (tertiary/aromatic N) is 2. The van der Waals surface area contributed by atoms with Gasteiger partial charge in [0.2, 0.25) is 0 Å². The predicted molar refractivity (Wildman–Crippen MR) is 101 cm³/mol. The molecule has 2 rings (SSSR count). The molecule has 0 unspecified atom stereocenters. The molecule has 0 bridgehead atoms. The molecule has 0 aliphatic heterocycles. The molecular weight excluding hydrogens is 368 g/mol. The molecule has 1 aromatic heterocycles. The molecule has 1 amide bonds. The standard InChI is InChI=1S/C18H23BrN4O/c1-4-5-6-9-20-18(24)16-11-17(22-13(3)21-16)23-15-8-7-12(2)10-14(15)19/h7-8,10-11H,4-6,9H2,1-3H3,(H,20,24)(H,21,22,23). The Kier molecular flexibility index (Phi) is 6.73. The molecule has 0 aliphatic carbocycles. The number of halogens is 1. The summed E-state index contributed by atoms with van der Waals surface area (Å²) in [7, 11) is 0. The molecule has 0 fully saturated rings. The summed E-state index contributed by atoms with van der Waals surface area (Å²) in [6, 6.07) is 7.69. The average molecular weight is 391 g/mol. The molecule has 2 aromatic rings. The number of carbonyl (C=O) groups excluding carboxylic acids is 1. The Morgan fingerprint density at radius 3 is 2.67 bits per heavy atom. The number of rotatable bonds is 7. The quantitative estimate of drug-likeness (QED) is 0.681. The SMILES string of the molecule is CCCCCNC(=O)c1cc(Nc2ccc(C)cc2Br)nc(C)n1. The van der Waals surface area contributed by atoms with E-state index >= 15 is 0 Å². The summed E-state index contributed by atoms with van der Waals surface area (Å²) in [6.07, 6.45) is 3.22. The van der Waals surface area contributed by atoms with E-state index in [-0.39, 0.29) is 5.91 Å². The second-order valence-corrected chi connectivity index (χ2v) is 6.61. The molecule has 0 saturated heterocycles. The Morgan fingerprint density at radius 2 is 1.96 bits per heavy atom. The molecule has 128 valence electrons. The van der Waals surface area contributed by atoms with Gasteiger partial charge in [0.05, 0.1) is 5.69 Å². The first-order valence-corrected chi connectivity index (χ1v) is 8.96. The van der Waals surface area contributed by atoms with E-state index in [2.05, 4.69) is 43.5 Å². The van der Waals surface area contributed by atoms with Crippen molar-refractivity contribution in [2.24, 2.45) is 0 Å². The summed E-state index contributed by atoms with van der Waals surface area (Å²) in [6.45, 7) is 6.62. The lowest BCUT2D eigenvalue weighted by molar-refractivity contribution is 0.0947. The number of aromatic nitrogens is 2. The van der Waals surface area contributed by atoms with E-state index < -0.39 is 0 Å². The minimum Gasteiger partial charge on any atom is -0.351 e. The van der Waals surface area contributed by atoms with Crippen LogP contribution in [0.4, 0.5) is 11.5 Å². The van der Waals surface area contributed by atoms with Crippen molar-refractivity contribution in [2.75, 3.05) is 11.9 Å². The minimum atomic E-state index is -0.164. The molecule has 0 atom stereocenters. The Labute approximate surface area is 151 Å². The lowest BCUT2D eigenvalue weighted by Crippen LogP contribution is -2.25. The van der Waals surface area contributed by atoms with Crippen LogP contribution >= 0.6 is 15.9 Å². The van der Waals surface area contributed by atoms with E-state index in [1.807, 2.05) is 25.1 Å². The summed E-state index contributed by atoms with van der Waals surface area (Å²) < 4.78 is 0.948. The number of hydrogen-bond acceptors (Lipinski definition) is 4. The maximum absolute atomic E-state index is 12.2. The van der Waals surface area contributed by atoms with Gasteiger partial charge >= 0.3 is 0 Å². The van der Waals surface area contributed by atoms with Gasteiger partial charge in [-0.3, -0.25) is 4.79 Å². The Morgan fingerprint density at radius 1 is 1.17 bits per heavy atom. The van der Waals surface area contributed by atoms with Crippen LogP contribution in [0.5, 0.6) is 0 Å². The molecular formula is C18H23BrN4O. The third-order valence-corrected chi connectivity index (χ3v) is 4.18. The third kappa shape index (κ3) is 5.30. The highest BCUT2D eigenvalue weighted by Crippen LogP contribution is 2.26. The van der Waals surface area contributed by atoms with Crippen LogP contribution in [0, 0.1) is 13.8 Å². The van der Waals surface area contributed by atoms with Crippen molar-refractivity contribution in [1.82, 2.24) is 15.3 Å². The molecule has 0 radical (unpaired) electrons. The van der Waals surface area contributed by atoms with Gasteiger partial charge in [-0.25, -0.2) is 9.97 Å². The van der Waals surface area contributed by atoms with Gasteiger partial charge in [0, 0.05) is 17.1 Å². The van der Waals surface area contributed by atoms with Gasteiger partial charge in [-0.15, -0.1) is 0 Å². The van der Waals surface area contributed by atoms with Crippen molar-refractivity contribution in [3.63, 3.8) is 0 Å². The number of aryl methyl sites for hydroxylation is 2. The van der Waals surface area contributed by atoms with Crippen molar-refractivity contribution in [2.45, 2.75) is 40.0 Å². The Bertz CT molecular complexity index is 718. The number of amides is 1. The fraction of sp³-hybridized carbons (Fsp3) is 0.389. The van der Waals surface area contributed by atoms with Crippen LogP contribution in [-0.4, -0.2) is 22.4 Å². The molecule has 5 nitrogen and oxygen atoms in total. The van der Waals surface area contributed by atoms with Gasteiger partial charge in [0.15, 0.2) is 0 Å². The van der Waals surface area contributed by atoms with Crippen LogP contribution in [0.15, 0.2) is 28.7 Å². The highest BCUT2D eigenvalue weighted by atomic mass is 79.9. The average Bonchev–Trinajstić information content (AvgIpc) is 2.53. The van der Waals surface area contributed by atoms with Crippen LogP contribution in [0.3, 0.4) is 0 Å². The fourth-order valence-corrected chi connectivity index (χ4v) is 2.87. The number of unbranched alkanes of at least 4 members (excludes halogenated alkanes) is 2. The molecule has 0 aliphatic rings. The van der Waals surface area contributed by atoms with E-state index in [0.717, 1.165) is 29.4 Å². The topological polar surface area (TPSA) is 66.9 Å². The van der Waals surface area contributed by atoms with E-state index in [4.69, 9.17) is 0 Å². The van der Waals surface area contributed by atoms with Crippen LogP contribution in [-0.2, 0) is 0 Å². The Balaban J connectivity index is 2.11. The van der Waals surface area contributed by atoms with Crippen LogP contribution in [0.2, 0.25) is 0 Å². The van der Waals surface area contributed by atoms with Crippen LogP contribution < -0.4 is 10.6 Å². The number of nitrogens with one attached hydrogen (secondary N) is 2. The molecule has 6 heteroatoms. The molecule has 24 heavy (non-hydrogen) atoms. The van der Waals surface area contributed by atoms with Gasteiger partial charge in [-0.2, -0.15) is 0 Å². The molecule has 1 aromatic carbocycles. The fourth-order valence-electron chi connectivity index (χ4n) is 2.28. The normalized spacial score (nSPS) is 10.5.